The molecule has 0 spiro atoms. The van der Waals surface area contributed by atoms with Gasteiger partial charge in [-0.1, -0.05) is 19.9 Å². The lowest BCUT2D eigenvalue weighted by atomic mass is 9.99. The number of fused-ring (bicyclic) bond motifs is 1. The molecule has 0 radical (unpaired) electrons. The van der Waals surface area contributed by atoms with Gasteiger partial charge in [0.15, 0.2) is 0 Å². The number of hydrogen-bond acceptors (Lipinski definition) is 4. The summed E-state index contributed by atoms with van der Waals surface area (Å²) in [6.45, 7) is 6.08. The lowest BCUT2D eigenvalue weighted by molar-refractivity contribution is -0.135. The Morgan fingerprint density at radius 2 is 1.92 bits per heavy atom. The third kappa shape index (κ3) is 3.66. The molecule has 0 bridgehead atoms. The third-order valence-corrected chi connectivity index (χ3v) is 7.35. The molecule has 1 aromatic rings. The molecular weight excluding hydrogens is 350 g/mol. The van der Waals surface area contributed by atoms with E-state index in [4.69, 9.17) is 0 Å². The van der Waals surface area contributed by atoms with Crippen molar-refractivity contribution in [3.8, 4) is 0 Å². The van der Waals surface area contributed by atoms with Crippen LogP contribution in [0.1, 0.15) is 31.4 Å². The Labute approximate surface area is 156 Å². The van der Waals surface area contributed by atoms with Crippen LogP contribution < -0.4 is 0 Å². The van der Waals surface area contributed by atoms with E-state index in [0.717, 1.165) is 24.0 Å². The van der Waals surface area contributed by atoms with E-state index in [-0.39, 0.29) is 17.9 Å². The first-order chi connectivity index (χ1) is 12.2. The van der Waals surface area contributed by atoms with Crippen molar-refractivity contribution in [2.45, 2.75) is 44.2 Å². The van der Waals surface area contributed by atoms with Crippen LogP contribution in [0.15, 0.2) is 23.1 Å². The fourth-order valence-corrected chi connectivity index (χ4v) is 5.29. The zero-order valence-electron chi connectivity index (χ0n) is 16.1. The SMILES string of the molecule is CC(C)C(=O)N1CCc2ccc(S(=O)(=O)N3CCC(N(C)C)C3)cc2C1. The molecule has 1 fully saturated rings. The summed E-state index contributed by atoms with van der Waals surface area (Å²) in [7, 11) is 0.483. The van der Waals surface area contributed by atoms with Gasteiger partial charge in [0.25, 0.3) is 0 Å². The lowest BCUT2D eigenvalue weighted by Gasteiger charge is -2.30. The van der Waals surface area contributed by atoms with Gasteiger partial charge < -0.3 is 9.80 Å². The van der Waals surface area contributed by atoms with E-state index in [2.05, 4.69) is 4.90 Å². The highest BCUT2D eigenvalue weighted by Gasteiger charge is 2.34. The molecular formula is C19H29N3O3S. The third-order valence-electron chi connectivity index (χ3n) is 5.49. The molecule has 2 aliphatic heterocycles. The van der Waals surface area contributed by atoms with Crippen molar-refractivity contribution in [1.82, 2.24) is 14.1 Å². The van der Waals surface area contributed by atoms with Crippen molar-refractivity contribution in [1.29, 1.82) is 0 Å². The second-order valence-electron chi connectivity index (χ2n) is 7.86. The van der Waals surface area contributed by atoms with Crippen molar-refractivity contribution < 1.29 is 13.2 Å². The highest BCUT2D eigenvalue weighted by Crippen LogP contribution is 2.27. The van der Waals surface area contributed by atoms with Crippen LogP contribution >= 0.6 is 0 Å². The molecule has 0 N–H and O–H groups in total. The topological polar surface area (TPSA) is 60.9 Å². The molecule has 0 aliphatic carbocycles. The zero-order valence-corrected chi connectivity index (χ0v) is 16.9. The van der Waals surface area contributed by atoms with Crippen LogP contribution in [-0.4, -0.2) is 68.2 Å². The molecule has 1 unspecified atom stereocenters. The minimum atomic E-state index is -3.49. The van der Waals surface area contributed by atoms with Crippen molar-refractivity contribution in [3.63, 3.8) is 0 Å². The molecule has 1 atom stereocenters. The van der Waals surface area contributed by atoms with Crippen LogP contribution in [0.3, 0.4) is 0 Å². The molecule has 2 heterocycles. The maximum absolute atomic E-state index is 13.0. The van der Waals surface area contributed by atoms with E-state index in [1.54, 1.807) is 16.4 Å². The van der Waals surface area contributed by atoms with Gasteiger partial charge in [-0.15, -0.1) is 0 Å². The molecule has 3 rings (SSSR count). The summed E-state index contributed by atoms with van der Waals surface area (Å²) < 4.78 is 27.7. The van der Waals surface area contributed by atoms with Crippen LogP contribution in [-0.2, 0) is 27.8 Å². The van der Waals surface area contributed by atoms with E-state index in [0.29, 0.717) is 31.1 Å². The average molecular weight is 380 g/mol. The van der Waals surface area contributed by atoms with Crippen LogP contribution in [0.5, 0.6) is 0 Å². The number of carbonyl (C=O) groups excluding carboxylic acids is 1. The Balaban J connectivity index is 1.82. The Morgan fingerprint density at radius 1 is 1.19 bits per heavy atom. The van der Waals surface area contributed by atoms with Crippen LogP contribution in [0.4, 0.5) is 0 Å². The van der Waals surface area contributed by atoms with E-state index < -0.39 is 10.0 Å². The smallest absolute Gasteiger partial charge is 0.243 e. The van der Waals surface area contributed by atoms with Gasteiger partial charge in [0.2, 0.25) is 15.9 Å². The summed E-state index contributed by atoms with van der Waals surface area (Å²) in [4.78, 5) is 16.6. The first kappa shape index (κ1) is 19.3. The zero-order chi connectivity index (χ0) is 19.1. The number of benzene rings is 1. The van der Waals surface area contributed by atoms with Crippen LogP contribution in [0, 0.1) is 5.92 Å². The lowest BCUT2D eigenvalue weighted by Crippen LogP contribution is -2.38. The maximum atomic E-state index is 13.0. The quantitative estimate of drug-likeness (QED) is 0.796. The van der Waals surface area contributed by atoms with Gasteiger partial charge in [-0.25, -0.2) is 8.42 Å². The second kappa shape index (κ2) is 7.29. The molecule has 1 saturated heterocycles. The van der Waals surface area contributed by atoms with Gasteiger partial charge in [0.05, 0.1) is 4.90 Å². The number of carbonyl (C=O) groups is 1. The number of sulfonamides is 1. The fraction of sp³-hybridized carbons (Fsp3) is 0.632. The summed E-state index contributed by atoms with van der Waals surface area (Å²) >= 11 is 0. The largest absolute Gasteiger partial charge is 0.338 e. The van der Waals surface area contributed by atoms with Gasteiger partial charge >= 0.3 is 0 Å². The first-order valence-electron chi connectivity index (χ1n) is 9.27. The van der Waals surface area contributed by atoms with Crippen LogP contribution in [0.2, 0.25) is 0 Å². The van der Waals surface area contributed by atoms with E-state index in [1.807, 2.05) is 38.9 Å². The van der Waals surface area contributed by atoms with Crippen LogP contribution in [0.25, 0.3) is 0 Å². The Hall–Kier alpha value is -1.44. The van der Waals surface area contributed by atoms with Gasteiger partial charge in [-0.2, -0.15) is 4.31 Å². The Kier molecular flexibility index (Phi) is 5.42. The molecule has 0 saturated carbocycles. The average Bonchev–Trinajstić information content (AvgIpc) is 3.11. The highest BCUT2D eigenvalue weighted by atomic mass is 32.2. The van der Waals surface area contributed by atoms with Gasteiger partial charge in [0, 0.05) is 38.1 Å². The predicted octanol–water partition coefficient (Wildman–Crippen LogP) is 1.55. The molecule has 7 heteroatoms. The first-order valence-corrected chi connectivity index (χ1v) is 10.7. The number of hydrogen-bond donors (Lipinski definition) is 0. The fourth-order valence-electron chi connectivity index (χ4n) is 3.75. The minimum Gasteiger partial charge on any atom is -0.338 e. The molecule has 6 nitrogen and oxygen atoms in total. The van der Waals surface area contributed by atoms with Gasteiger partial charge in [-0.3, -0.25) is 4.79 Å². The minimum absolute atomic E-state index is 0.0453. The molecule has 144 valence electrons. The number of rotatable bonds is 4. The summed E-state index contributed by atoms with van der Waals surface area (Å²) in [5, 5.41) is 0. The van der Waals surface area contributed by atoms with Crippen molar-refractivity contribution in [2.24, 2.45) is 5.92 Å². The van der Waals surface area contributed by atoms with Crippen molar-refractivity contribution in [3.05, 3.63) is 29.3 Å². The predicted molar refractivity (Wildman–Crippen MR) is 101 cm³/mol. The van der Waals surface area contributed by atoms with E-state index >= 15 is 0 Å². The molecule has 1 aromatic carbocycles. The highest BCUT2D eigenvalue weighted by molar-refractivity contribution is 7.89. The second-order valence-corrected chi connectivity index (χ2v) is 9.80. The van der Waals surface area contributed by atoms with E-state index in [1.165, 1.54) is 0 Å². The molecule has 26 heavy (non-hydrogen) atoms. The van der Waals surface area contributed by atoms with Gasteiger partial charge in [0.1, 0.15) is 0 Å². The van der Waals surface area contributed by atoms with E-state index in [9.17, 15) is 13.2 Å². The maximum Gasteiger partial charge on any atom is 0.243 e. The summed E-state index contributed by atoms with van der Waals surface area (Å²) in [6.07, 6.45) is 1.63. The Morgan fingerprint density at radius 3 is 2.54 bits per heavy atom. The van der Waals surface area contributed by atoms with Crippen molar-refractivity contribution >= 4 is 15.9 Å². The summed E-state index contributed by atoms with van der Waals surface area (Å²) in [6, 6.07) is 5.67. The molecule has 1 amide bonds. The Bertz CT molecular complexity index is 789. The molecule has 2 aliphatic rings. The molecule has 0 aromatic heterocycles. The summed E-state index contributed by atoms with van der Waals surface area (Å²) in [5.41, 5.74) is 2.10. The van der Waals surface area contributed by atoms with Crippen molar-refractivity contribution in [2.75, 3.05) is 33.7 Å². The van der Waals surface area contributed by atoms with Gasteiger partial charge in [-0.05, 0) is 50.2 Å². The standard InChI is InChI=1S/C19H29N3O3S/c1-14(2)19(23)21-9-7-15-5-6-18(11-16(15)12-21)26(24,25)22-10-8-17(13-22)20(3)4/h5-6,11,14,17H,7-10,12-13H2,1-4H3. The number of amides is 1. The number of likely N-dealkylation sites (N-methyl/N-ethyl adjacent to an activating group) is 1. The monoisotopic (exact) mass is 379 g/mol. The normalized spacial score (nSPS) is 21.5. The number of nitrogens with zero attached hydrogens (tertiary/aromatic N) is 3. The summed E-state index contributed by atoms with van der Waals surface area (Å²) in [5.74, 6) is 0.0771.